The molecule has 0 spiro atoms. The topological polar surface area (TPSA) is 37.8 Å². The van der Waals surface area contributed by atoms with E-state index in [9.17, 15) is 0 Å². The Hall–Kier alpha value is -0.830. The molecule has 1 saturated carbocycles. The second kappa shape index (κ2) is 3.50. The van der Waals surface area contributed by atoms with Crippen molar-refractivity contribution in [2.75, 3.05) is 5.32 Å². The van der Waals surface area contributed by atoms with E-state index < -0.39 is 0 Å². The molecule has 2 unspecified atom stereocenters. The second-order valence-electron chi connectivity index (χ2n) is 3.37. The van der Waals surface area contributed by atoms with Crippen molar-refractivity contribution in [3.63, 3.8) is 0 Å². The highest BCUT2D eigenvalue weighted by Crippen LogP contribution is 2.36. The SMILES string of the molecule is CCC1CC1Nc1ncncc1Cl. The average Bonchev–Trinajstić information content (AvgIpc) is 2.88. The monoisotopic (exact) mass is 197 g/mol. The molecule has 1 aliphatic carbocycles. The Labute approximate surface area is 82.5 Å². The molecular formula is C9H12ClN3. The summed E-state index contributed by atoms with van der Waals surface area (Å²) >= 11 is 5.90. The third kappa shape index (κ3) is 1.91. The van der Waals surface area contributed by atoms with Crippen LogP contribution in [0, 0.1) is 5.92 Å². The summed E-state index contributed by atoms with van der Waals surface area (Å²) in [5.41, 5.74) is 0. The molecule has 0 saturated heterocycles. The summed E-state index contributed by atoms with van der Waals surface area (Å²) in [6.45, 7) is 2.20. The van der Waals surface area contributed by atoms with Gasteiger partial charge in [-0.3, -0.25) is 0 Å². The normalized spacial score (nSPS) is 25.7. The lowest BCUT2D eigenvalue weighted by atomic mass is 10.3. The Morgan fingerprint density at radius 3 is 3.15 bits per heavy atom. The zero-order valence-electron chi connectivity index (χ0n) is 7.50. The van der Waals surface area contributed by atoms with Gasteiger partial charge < -0.3 is 5.32 Å². The van der Waals surface area contributed by atoms with Crippen LogP contribution in [-0.2, 0) is 0 Å². The predicted octanol–water partition coefficient (Wildman–Crippen LogP) is 2.34. The molecule has 0 radical (unpaired) electrons. The Bertz CT molecular complexity index is 303. The number of nitrogens with zero attached hydrogens (tertiary/aromatic N) is 2. The van der Waals surface area contributed by atoms with Gasteiger partial charge in [-0.2, -0.15) is 0 Å². The molecule has 3 nitrogen and oxygen atoms in total. The summed E-state index contributed by atoms with van der Waals surface area (Å²) in [7, 11) is 0. The van der Waals surface area contributed by atoms with E-state index >= 15 is 0 Å². The zero-order chi connectivity index (χ0) is 9.26. The first kappa shape index (κ1) is 8.75. The van der Waals surface area contributed by atoms with Gasteiger partial charge in [0.05, 0.1) is 6.20 Å². The quantitative estimate of drug-likeness (QED) is 0.809. The Kier molecular flexibility index (Phi) is 2.36. The van der Waals surface area contributed by atoms with Crippen LogP contribution in [0.25, 0.3) is 0 Å². The third-order valence-corrected chi connectivity index (χ3v) is 2.71. The number of anilines is 1. The minimum Gasteiger partial charge on any atom is -0.366 e. The number of hydrogen-bond acceptors (Lipinski definition) is 3. The van der Waals surface area contributed by atoms with Crippen LogP contribution in [0.4, 0.5) is 5.82 Å². The van der Waals surface area contributed by atoms with Gasteiger partial charge in [-0.05, 0) is 12.3 Å². The van der Waals surface area contributed by atoms with Gasteiger partial charge in [0, 0.05) is 6.04 Å². The Morgan fingerprint density at radius 2 is 2.54 bits per heavy atom. The molecule has 1 N–H and O–H groups in total. The van der Waals surface area contributed by atoms with Crippen LogP contribution >= 0.6 is 11.6 Å². The molecule has 13 heavy (non-hydrogen) atoms. The van der Waals surface area contributed by atoms with Gasteiger partial charge in [-0.25, -0.2) is 9.97 Å². The fourth-order valence-corrected chi connectivity index (χ4v) is 1.63. The maximum absolute atomic E-state index is 5.90. The first-order valence-corrected chi connectivity index (χ1v) is 4.91. The minimum absolute atomic E-state index is 0.567. The van der Waals surface area contributed by atoms with Gasteiger partial charge in [0.25, 0.3) is 0 Å². The number of halogens is 1. The van der Waals surface area contributed by atoms with Crippen LogP contribution in [0.5, 0.6) is 0 Å². The van der Waals surface area contributed by atoms with Crippen molar-refractivity contribution >= 4 is 17.4 Å². The Morgan fingerprint density at radius 1 is 1.69 bits per heavy atom. The molecule has 1 aromatic heterocycles. The van der Waals surface area contributed by atoms with E-state index in [1.807, 2.05) is 0 Å². The molecule has 0 amide bonds. The van der Waals surface area contributed by atoms with Crippen molar-refractivity contribution in [2.24, 2.45) is 5.92 Å². The van der Waals surface area contributed by atoms with Crippen molar-refractivity contribution in [3.05, 3.63) is 17.5 Å². The van der Waals surface area contributed by atoms with Gasteiger partial charge in [0.15, 0.2) is 0 Å². The molecule has 1 fully saturated rings. The summed E-state index contributed by atoms with van der Waals surface area (Å²) in [5.74, 6) is 1.56. The molecule has 0 bridgehead atoms. The fourth-order valence-electron chi connectivity index (χ4n) is 1.47. The van der Waals surface area contributed by atoms with Crippen LogP contribution in [0.15, 0.2) is 12.5 Å². The molecule has 1 aromatic rings. The van der Waals surface area contributed by atoms with Gasteiger partial charge in [0.1, 0.15) is 17.2 Å². The van der Waals surface area contributed by atoms with E-state index in [4.69, 9.17) is 11.6 Å². The summed E-state index contributed by atoms with van der Waals surface area (Å²) in [5, 5.41) is 3.90. The van der Waals surface area contributed by atoms with E-state index in [0.29, 0.717) is 11.1 Å². The van der Waals surface area contributed by atoms with Crippen molar-refractivity contribution in [3.8, 4) is 0 Å². The van der Waals surface area contributed by atoms with E-state index in [1.165, 1.54) is 19.2 Å². The smallest absolute Gasteiger partial charge is 0.148 e. The largest absolute Gasteiger partial charge is 0.366 e. The summed E-state index contributed by atoms with van der Waals surface area (Å²) in [4.78, 5) is 7.90. The van der Waals surface area contributed by atoms with E-state index in [0.717, 1.165) is 11.7 Å². The van der Waals surface area contributed by atoms with Crippen LogP contribution in [0.1, 0.15) is 19.8 Å². The molecule has 4 heteroatoms. The molecule has 1 aliphatic rings. The molecule has 2 atom stereocenters. The van der Waals surface area contributed by atoms with Crippen LogP contribution in [0.2, 0.25) is 5.02 Å². The van der Waals surface area contributed by atoms with Crippen LogP contribution in [0.3, 0.4) is 0 Å². The highest BCUT2D eigenvalue weighted by molar-refractivity contribution is 6.32. The first-order chi connectivity index (χ1) is 6.31. The maximum atomic E-state index is 5.90. The lowest BCUT2D eigenvalue weighted by molar-refractivity contribution is 0.773. The number of aromatic nitrogens is 2. The number of hydrogen-bond donors (Lipinski definition) is 1. The van der Waals surface area contributed by atoms with Gasteiger partial charge in [-0.15, -0.1) is 0 Å². The fraction of sp³-hybridized carbons (Fsp3) is 0.556. The van der Waals surface area contributed by atoms with E-state index in [2.05, 4.69) is 22.2 Å². The van der Waals surface area contributed by atoms with Gasteiger partial charge >= 0.3 is 0 Å². The van der Waals surface area contributed by atoms with Crippen LogP contribution < -0.4 is 5.32 Å². The molecular weight excluding hydrogens is 186 g/mol. The van der Waals surface area contributed by atoms with Crippen molar-refractivity contribution in [1.82, 2.24) is 9.97 Å². The van der Waals surface area contributed by atoms with E-state index in [1.54, 1.807) is 6.20 Å². The van der Waals surface area contributed by atoms with Crippen molar-refractivity contribution in [2.45, 2.75) is 25.8 Å². The average molecular weight is 198 g/mol. The predicted molar refractivity (Wildman–Crippen MR) is 52.9 cm³/mol. The van der Waals surface area contributed by atoms with Crippen LogP contribution in [-0.4, -0.2) is 16.0 Å². The minimum atomic E-state index is 0.567. The Balaban J connectivity index is 1.99. The number of rotatable bonds is 3. The molecule has 0 aliphatic heterocycles. The van der Waals surface area contributed by atoms with Gasteiger partial charge in [-0.1, -0.05) is 24.9 Å². The molecule has 1 heterocycles. The highest BCUT2D eigenvalue weighted by Gasteiger charge is 2.35. The summed E-state index contributed by atoms with van der Waals surface area (Å²) < 4.78 is 0. The summed E-state index contributed by atoms with van der Waals surface area (Å²) in [6, 6.07) is 0.567. The van der Waals surface area contributed by atoms with Crippen molar-refractivity contribution < 1.29 is 0 Å². The highest BCUT2D eigenvalue weighted by atomic mass is 35.5. The summed E-state index contributed by atoms with van der Waals surface area (Å²) in [6.07, 6.45) is 5.58. The van der Waals surface area contributed by atoms with Gasteiger partial charge in [0.2, 0.25) is 0 Å². The zero-order valence-corrected chi connectivity index (χ0v) is 8.25. The number of nitrogens with one attached hydrogen (secondary N) is 1. The molecule has 0 aromatic carbocycles. The molecule has 2 rings (SSSR count). The molecule has 70 valence electrons. The van der Waals surface area contributed by atoms with E-state index in [-0.39, 0.29) is 0 Å². The maximum Gasteiger partial charge on any atom is 0.148 e. The standard InChI is InChI=1S/C9H12ClN3/c1-2-6-3-8(6)13-9-7(10)4-11-5-12-9/h4-6,8H,2-3H2,1H3,(H,11,12,13). The third-order valence-electron chi connectivity index (χ3n) is 2.44. The van der Waals surface area contributed by atoms with Crippen molar-refractivity contribution in [1.29, 1.82) is 0 Å². The lowest BCUT2D eigenvalue weighted by Crippen LogP contribution is -2.06. The first-order valence-electron chi connectivity index (χ1n) is 4.53. The lowest BCUT2D eigenvalue weighted by Gasteiger charge is -2.04. The second-order valence-corrected chi connectivity index (χ2v) is 3.78.